The van der Waals surface area contributed by atoms with E-state index in [0.717, 1.165) is 11.0 Å². The molecule has 2 fully saturated rings. The summed E-state index contributed by atoms with van der Waals surface area (Å²) in [5.74, 6) is -2.28. The van der Waals surface area contributed by atoms with Gasteiger partial charge in [-0.1, -0.05) is 12.2 Å². The van der Waals surface area contributed by atoms with Gasteiger partial charge in [0.1, 0.15) is 11.4 Å². The monoisotopic (exact) mass is 344 g/mol. The molecule has 0 N–H and O–H groups in total. The van der Waals surface area contributed by atoms with Crippen molar-refractivity contribution in [2.75, 3.05) is 12.0 Å². The number of non-ortho nitro benzene ring substituents is 1. The lowest BCUT2D eigenvalue weighted by atomic mass is 9.89. The molecule has 8 nitrogen and oxygen atoms in total. The number of hydrogen-bond donors (Lipinski definition) is 0. The van der Waals surface area contributed by atoms with Crippen molar-refractivity contribution in [1.29, 1.82) is 0 Å². The normalized spacial score (nSPS) is 28.0. The molecule has 0 aromatic heterocycles. The predicted molar refractivity (Wildman–Crippen MR) is 88.2 cm³/mol. The second-order valence-electron chi connectivity index (χ2n) is 5.71. The number of fused-ring (bicyclic) bond motifs is 1. The molecule has 4 unspecified atom stereocenters. The molecule has 0 saturated carbocycles. The van der Waals surface area contributed by atoms with E-state index in [1.807, 2.05) is 0 Å². The zero-order chi connectivity index (χ0) is 18.3. The van der Waals surface area contributed by atoms with Crippen LogP contribution in [0.5, 0.6) is 5.75 Å². The maximum Gasteiger partial charge on any atom is 0.271 e. The van der Waals surface area contributed by atoms with E-state index in [0.29, 0.717) is 0 Å². The molecule has 2 heterocycles. The molecule has 3 rings (SSSR count). The summed E-state index contributed by atoms with van der Waals surface area (Å²) in [5, 5.41) is 11.1. The van der Waals surface area contributed by atoms with Gasteiger partial charge < -0.3 is 9.47 Å². The average molecular weight is 344 g/mol. The van der Waals surface area contributed by atoms with Crippen LogP contribution < -0.4 is 9.64 Å². The maximum atomic E-state index is 12.9. The van der Waals surface area contributed by atoms with Crippen molar-refractivity contribution in [2.24, 2.45) is 11.8 Å². The Balaban J connectivity index is 2.10. The largest absolute Gasteiger partial charge is 0.495 e. The predicted octanol–water partition coefficient (Wildman–Crippen LogP) is 1.85. The fourth-order valence-corrected chi connectivity index (χ4v) is 3.36. The van der Waals surface area contributed by atoms with E-state index in [9.17, 15) is 19.7 Å². The summed E-state index contributed by atoms with van der Waals surface area (Å²) in [6.45, 7) is 7.29. The van der Waals surface area contributed by atoms with Crippen molar-refractivity contribution < 1.29 is 24.0 Å². The highest BCUT2D eigenvalue weighted by atomic mass is 16.6. The Morgan fingerprint density at radius 3 is 2.20 bits per heavy atom. The number of nitro groups is 1. The minimum atomic E-state index is -0.739. The van der Waals surface area contributed by atoms with Crippen LogP contribution in [0.3, 0.4) is 0 Å². The Kier molecular flexibility index (Phi) is 4.13. The van der Waals surface area contributed by atoms with Gasteiger partial charge in [-0.05, 0) is 6.07 Å². The first-order valence-electron chi connectivity index (χ1n) is 7.55. The van der Waals surface area contributed by atoms with Gasteiger partial charge in [0, 0.05) is 12.1 Å². The Hall–Kier alpha value is -3.00. The third-order valence-electron chi connectivity index (χ3n) is 4.50. The second-order valence-corrected chi connectivity index (χ2v) is 5.71. The van der Waals surface area contributed by atoms with Crippen molar-refractivity contribution >= 4 is 23.2 Å². The number of nitro benzene ring substituents is 1. The van der Waals surface area contributed by atoms with Gasteiger partial charge in [-0.2, -0.15) is 0 Å². The minimum Gasteiger partial charge on any atom is -0.495 e. The Labute approximate surface area is 143 Å². The van der Waals surface area contributed by atoms with Crippen LogP contribution in [-0.4, -0.2) is 36.1 Å². The fraction of sp³-hybridized carbons (Fsp3) is 0.294. The SMILES string of the molecule is C=CC1OC(C=C)C2C(=O)N(c3cc([N+](=O)[O-])ccc3OC)C(=O)C12. The van der Waals surface area contributed by atoms with E-state index in [1.165, 1.54) is 31.4 Å². The van der Waals surface area contributed by atoms with Crippen LogP contribution in [0.25, 0.3) is 0 Å². The molecule has 2 aliphatic heterocycles. The molecule has 2 amide bonds. The maximum absolute atomic E-state index is 12.9. The molecule has 1 aromatic rings. The summed E-state index contributed by atoms with van der Waals surface area (Å²) in [6.07, 6.45) is 1.69. The lowest BCUT2D eigenvalue weighted by Gasteiger charge is -2.21. The van der Waals surface area contributed by atoms with Crippen molar-refractivity contribution in [3.8, 4) is 5.75 Å². The van der Waals surface area contributed by atoms with Gasteiger partial charge in [-0.3, -0.25) is 19.7 Å². The summed E-state index contributed by atoms with van der Waals surface area (Å²) in [4.78, 5) is 37.2. The van der Waals surface area contributed by atoms with E-state index in [-0.39, 0.29) is 17.1 Å². The third-order valence-corrected chi connectivity index (χ3v) is 4.50. The zero-order valence-corrected chi connectivity index (χ0v) is 13.5. The quantitative estimate of drug-likeness (QED) is 0.350. The first-order chi connectivity index (χ1) is 11.9. The van der Waals surface area contributed by atoms with E-state index in [2.05, 4.69) is 13.2 Å². The highest BCUT2D eigenvalue weighted by Crippen LogP contribution is 2.45. The standard InChI is InChI=1S/C17H16N2O6/c1-4-11-14-15(12(5-2)25-11)17(21)18(16(14)20)10-8-9(19(22)23)6-7-13(10)24-3/h4-8,11-12,14-15H,1-2H2,3H3. The van der Waals surface area contributed by atoms with Gasteiger partial charge in [0.25, 0.3) is 5.69 Å². The molecular weight excluding hydrogens is 328 g/mol. The third kappa shape index (κ3) is 2.42. The van der Waals surface area contributed by atoms with Crippen LogP contribution in [0.15, 0.2) is 43.5 Å². The van der Waals surface area contributed by atoms with Crippen molar-refractivity contribution in [3.05, 3.63) is 53.6 Å². The average Bonchev–Trinajstić information content (AvgIpc) is 3.11. The molecule has 0 radical (unpaired) electrons. The smallest absolute Gasteiger partial charge is 0.271 e. The van der Waals surface area contributed by atoms with Crippen LogP contribution in [0.2, 0.25) is 0 Å². The number of hydrogen-bond acceptors (Lipinski definition) is 6. The number of carbonyl (C=O) groups is 2. The summed E-state index contributed by atoms with van der Waals surface area (Å²) in [7, 11) is 1.36. The molecule has 0 aliphatic carbocycles. The number of methoxy groups -OCH3 is 1. The number of nitrogens with zero attached hydrogens (tertiary/aromatic N) is 2. The Morgan fingerprint density at radius 1 is 1.20 bits per heavy atom. The Bertz CT molecular complexity index is 757. The molecule has 2 saturated heterocycles. The summed E-state index contributed by atoms with van der Waals surface area (Å²) >= 11 is 0. The summed E-state index contributed by atoms with van der Waals surface area (Å²) in [6, 6.07) is 3.76. The molecule has 1 aromatic carbocycles. The number of amides is 2. The van der Waals surface area contributed by atoms with Gasteiger partial charge in [-0.15, -0.1) is 13.2 Å². The van der Waals surface area contributed by atoms with E-state index in [4.69, 9.17) is 9.47 Å². The number of benzene rings is 1. The number of carbonyl (C=O) groups excluding carboxylic acids is 2. The highest BCUT2D eigenvalue weighted by molar-refractivity contribution is 6.23. The van der Waals surface area contributed by atoms with Crippen molar-refractivity contribution in [3.63, 3.8) is 0 Å². The molecule has 0 spiro atoms. The summed E-state index contributed by atoms with van der Waals surface area (Å²) < 4.78 is 10.8. The van der Waals surface area contributed by atoms with Crippen LogP contribution in [-0.2, 0) is 14.3 Å². The van der Waals surface area contributed by atoms with Gasteiger partial charge in [0.15, 0.2) is 0 Å². The minimum absolute atomic E-state index is 0.0479. The van der Waals surface area contributed by atoms with Crippen molar-refractivity contribution in [1.82, 2.24) is 0 Å². The van der Waals surface area contributed by atoms with Crippen LogP contribution in [0.4, 0.5) is 11.4 Å². The zero-order valence-electron chi connectivity index (χ0n) is 13.5. The molecule has 25 heavy (non-hydrogen) atoms. The van der Waals surface area contributed by atoms with Gasteiger partial charge in [0.05, 0.1) is 36.1 Å². The Morgan fingerprint density at radius 2 is 1.76 bits per heavy atom. The van der Waals surface area contributed by atoms with E-state index >= 15 is 0 Å². The highest BCUT2D eigenvalue weighted by Gasteiger charge is 2.59. The number of ether oxygens (including phenoxy) is 2. The van der Waals surface area contributed by atoms with Crippen LogP contribution >= 0.6 is 0 Å². The lowest BCUT2D eigenvalue weighted by molar-refractivity contribution is -0.384. The molecule has 4 atom stereocenters. The van der Waals surface area contributed by atoms with Gasteiger partial charge in [0.2, 0.25) is 11.8 Å². The first kappa shape index (κ1) is 16.8. The van der Waals surface area contributed by atoms with E-state index < -0.39 is 40.8 Å². The molecule has 8 heteroatoms. The molecule has 2 aliphatic rings. The topological polar surface area (TPSA) is 99.0 Å². The molecule has 130 valence electrons. The van der Waals surface area contributed by atoms with Gasteiger partial charge >= 0.3 is 0 Å². The fourth-order valence-electron chi connectivity index (χ4n) is 3.36. The second kappa shape index (κ2) is 6.14. The lowest BCUT2D eigenvalue weighted by Crippen LogP contribution is -2.35. The number of rotatable bonds is 5. The van der Waals surface area contributed by atoms with E-state index in [1.54, 1.807) is 0 Å². The summed E-state index contributed by atoms with van der Waals surface area (Å²) in [5.41, 5.74) is -0.197. The molecule has 0 bridgehead atoms. The molecular formula is C17H16N2O6. The van der Waals surface area contributed by atoms with Crippen LogP contribution in [0.1, 0.15) is 0 Å². The van der Waals surface area contributed by atoms with Gasteiger partial charge in [-0.25, -0.2) is 4.90 Å². The number of imide groups is 1. The van der Waals surface area contributed by atoms with Crippen LogP contribution in [0, 0.1) is 22.0 Å². The van der Waals surface area contributed by atoms with Crippen molar-refractivity contribution in [2.45, 2.75) is 12.2 Å². The number of anilines is 1. The first-order valence-corrected chi connectivity index (χ1v) is 7.55.